The van der Waals surface area contributed by atoms with Gasteiger partial charge in [-0.25, -0.2) is 4.39 Å². The van der Waals surface area contributed by atoms with Gasteiger partial charge in [-0.1, -0.05) is 12.1 Å². The monoisotopic (exact) mass is 273 g/mol. The molecule has 0 heterocycles. The normalized spacial score (nSPS) is 27.6. The zero-order chi connectivity index (χ0) is 12.3. The fourth-order valence-electron chi connectivity index (χ4n) is 2.58. The van der Waals surface area contributed by atoms with E-state index in [1.165, 1.54) is 17.7 Å². The van der Waals surface area contributed by atoms with Gasteiger partial charge in [-0.2, -0.15) is 0 Å². The molecule has 102 valence electrons. The van der Waals surface area contributed by atoms with Gasteiger partial charge in [0.1, 0.15) is 5.82 Å². The Labute approximate surface area is 114 Å². The Kier molecular flexibility index (Phi) is 5.57. The van der Waals surface area contributed by atoms with Crippen LogP contribution in [-0.2, 0) is 6.42 Å². The van der Waals surface area contributed by atoms with Crippen molar-refractivity contribution in [3.8, 4) is 0 Å². The van der Waals surface area contributed by atoms with Crippen LogP contribution in [0.2, 0.25) is 0 Å². The molecule has 18 heavy (non-hydrogen) atoms. The molecule has 1 saturated carbocycles. The fraction of sp³-hybridized carbons (Fsp3) is 0.571. The minimum absolute atomic E-state index is 0. The summed E-state index contributed by atoms with van der Waals surface area (Å²) in [5, 5.41) is 10.0. The summed E-state index contributed by atoms with van der Waals surface area (Å²) in [6, 6.07) is 6.71. The molecule has 0 amide bonds. The van der Waals surface area contributed by atoms with Crippen LogP contribution in [0.3, 0.4) is 0 Å². The standard InChI is InChI=1S/C14H20FNO.ClH/c15-13-3-1-11(2-4-13)9-12-5-7-14(17,10-16)8-6-12;/h1-4,12,17H,5-10,16H2;1H/t12-,14-;. The van der Waals surface area contributed by atoms with E-state index in [0.717, 1.165) is 32.1 Å². The van der Waals surface area contributed by atoms with E-state index in [1.54, 1.807) is 0 Å². The maximum Gasteiger partial charge on any atom is 0.123 e. The van der Waals surface area contributed by atoms with Crippen molar-refractivity contribution >= 4 is 12.4 Å². The van der Waals surface area contributed by atoms with Crippen LogP contribution in [0.25, 0.3) is 0 Å². The summed E-state index contributed by atoms with van der Waals surface area (Å²) in [5.41, 5.74) is 6.10. The van der Waals surface area contributed by atoms with E-state index >= 15 is 0 Å². The number of rotatable bonds is 3. The van der Waals surface area contributed by atoms with Crippen molar-refractivity contribution < 1.29 is 9.50 Å². The highest BCUT2D eigenvalue weighted by atomic mass is 35.5. The Morgan fingerprint density at radius 1 is 1.22 bits per heavy atom. The van der Waals surface area contributed by atoms with Crippen molar-refractivity contribution in [3.05, 3.63) is 35.6 Å². The third-order valence-corrected chi connectivity index (χ3v) is 3.85. The molecule has 0 radical (unpaired) electrons. The number of halogens is 2. The molecule has 0 atom stereocenters. The lowest BCUT2D eigenvalue weighted by Gasteiger charge is -2.35. The lowest BCUT2D eigenvalue weighted by Crippen LogP contribution is -2.41. The Morgan fingerprint density at radius 3 is 2.28 bits per heavy atom. The number of hydrogen-bond acceptors (Lipinski definition) is 2. The van der Waals surface area contributed by atoms with E-state index in [0.29, 0.717) is 12.5 Å². The molecule has 1 aliphatic carbocycles. The highest BCUT2D eigenvalue weighted by Gasteiger charge is 2.31. The van der Waals surface area contributed by atoms with Gasteiger partial charge in [0.2, 0.25) is 0 Å². The number of aliphatic hydroxyl groups is 1. The highest BCUT2D eigenvalue weighted by Crippen LogP contribution is 2.33. The van der Waals surface area contributed by atoms with E-state index in [1.807, 2.05) is 12.1 Å². The van der Waals surface area contributed by atoms with Crippen molar-refractivity contribution in [2.24, 2.45) is 11.7 Å². The Balaban J connectivity index is 0.00000162. The smallest absolute Gasteiger partial charge is 0.123 e. The molecule has 1 aromatic rings. The van der Waals surface area contributed by atoms with Gasteiger partial charge in [-0.05, 0) is 55.7 Å². The topological polar surface area (TPSA) is 46.2 Å². The average Bonchev–Trinajstić information content (AvgIpc) is 2.35. The predicted molar refractivity (Wildman–Crippen MR) is 73.3 cm³/mol. The van der Waals surface area contributed by atoms with E-state index in [9.17, 15) is 9.50 Å². The van der Waals surface area contributed by atoms with Crippen LogP contribution in [0.15, 0.2) is 24.3 Å². The maximum atomic E-state index is 12.8. The Hall–Kier alpha value is -0.640. The summed E-state index contributed by atoms with van der Waals surface area (Å²) in [5.74, 6) is 0.405. The van der Waals surface area contributed by atoms with Crippen LogP contribution in [0.4, 0.5) is 4.39 Å². The van der Waals surface area contributed by atoms with Crippen LogP contribution in [0.1, 0.15) is 31.2 Å². The summed E-state index contributed by atoms with van der Waals surface area (Å²) in [4.78, 5) is 0. The second kappa shape index (κ2) is 6.50. The maximum absolute atomic E-state index is 12.8. The van der Waals surface area contributed by atoms with Gasteiger partial charge in [0, 0.05) is 6.54 Å². The van der Waals surface area contributed by atoms with E-state index in [-0.39, 0.29) is 18.2 Å². The van der Waals surface area contributed by atoms with Gasteiger partial charge in [-0.3, -0.25) is 0 Å². The predicted octanol–water partition coefficient (Wildman–Crippen LogP) is 2.67. The van der Waals surface area contributed by atoms with Gasteiger partial charge in [0.05, 0.1) is 5.60 Å². The van der Waals surface area contributed by atoms with E-state index in [2.05, 4.69) is 0 Å². The van der Waals surface area contributed by atoms with E-state index < -0.39 is 5.60 Å². The van der Waals surface area contributed by atoms with Crippen LogP contribution >= 0.6 is 12.4 Å². The molecule has 1 aromatic carbocycles. The molecule has 0 unspecified atom stereocenters. The van der Waals surface area contributed by atoms with Gasteiger partial charge < -0.3 is 10.8 Å². The minimum Gasteiger partial charge on any atom is -0.389 e. The molecular formula is C14H21ClFNO. The fourth-order valence-corrected chi connectivity index (χ4v) is 2.58. The van der Waals surface area contributed by atoms with Crippen LogP contribution in [0, 0.1) is 11.7 Å². The van der Waals surface area contributed by atoms with Gasteiger partial charge in [-0.15, -0.1) is 12.4 Å². The van der Waals surface area contributed by atoms with Crippen molar-refractivity contribution in [3.63, 3.8) is 0 Å². The first kappa shape index (κ1) is 15.4. The summed E-state index contributed by atoms with van der Waals surface area (Å²) >= 11 is 0. The zero-order valence-corrected chi connectivity index (χ0v) is 11.3. The second-order valence-corrected chi connectivity index (χ2v) is 5.20. The van der Waals surface area contributed by atoms with Crippen molar-refractivity contribution in [1.82, 2.24) is 0 Å². The SMILES string of the molecule is Cl.NC[C@]1(O)CC[C@H](Cc2ccc(F)cc2)CC1. The summed E-state index contributed by atoms with van der Waals surface area (Å²) in [6.45, 7) is 0.357. The molecule has 1 fully saturated rings. The molecule has 3 N–H and O–H groups in total. The minimum atomic E-state index is -0.640. The first-order valence-corrected chi connectivity index (χ1v) is 6.28. The molecule has 0 aromatic heterocycles. The molecule has 2 nitrogen and oxygen atoms in total. The summed E-state index contributed by atoms with van der Waals surface area (Å²) in [6.07, 6.45) is 4.56. The summed E-state index contributed by atoms with van der Waals surface area (Å²) in [7, 11) is 0. The van der Waals surface area contributed by atoms with Crippen LogP contribution in [0.5, 0.6) is 0 Å². The van der Waals surface area contributed by atoms with Crippen LogP contribution in [-0.4, -0.2) is 17.3 Å². The lowest BCUT2D eigenvalue weighted by molar-refractivity contribution is -0.000913. The molecule has 2 rings (SSSR count). The van der Waals surface area contributed by atoms with E-state index in [4.69, 9.17) is 5.73 Å². The first-order chi connectivity index (χ1) is 8.11. The average molecular weight is 274 g/mol. The molecule has 0 aliphatic heterocycles. The molecule has 0 saturated heterocycles. The first-order valence-electron chi connectivity index (χ1n) is 6.28. The Morgan fingerprint density at radius 2 is 1.78 bits per heavy atom. The second-order valence-electron chi connectivity index (χ2n) is 5.20. The van der Waals surface area contributed by atoms with Gasteiger partial charge in [0.25, 0.3) is 0 Å². The van der Waals surface area contributed by atoms with Crippen molar-refractivity contribution in [2.75, 3.05) is 6.54 Å². The Bertz CT molecular complexity index is 361. The molecule has 1 aliphatic rings. The molecule has 0 spiro atoms. The molecule has 0 bridgehead atoms. The number of benzene rings is 1. The van der Waals surface area contributed by atoms with Crippen molar-refractivity contribution in [2.45, 2.75) is 37.7 Å². The number of nitrogens with two attached hydrogens (primary N) is 1. The largest absolute Gasteiger partial charge is 0.389 e. The van der Waals surface area contributed by atoms with Crippen LogP contribution < -0.4 is 5.73 Å². The lowest BCUT2D eigenvalue weighted by atomic mass is 9.77. The quantitative estimate of drug-likeness (QED) is 0.889. The highest BCUT2D eigenvalue weighted by molar-refractivity contribution is 5.85. The third-order valence-electron chi connectivity index (χ3n) is 3.85. The third kappa shape index (κ3) is 3.94. The molecular weight excluding hydrogens is 253 g/mol. The van der Waals surface area contributed by atoms with Gasteiger partial charge in [0.15, 0.2) is 0 Å². The van der Waals surface area contributed by atoms with Gasteiger partial charge >= 0.3 is 0 Å². The van der Waals surface area contributed by atoms with Crippen molar-refractivity contribution in [1.29, 1.82) is 0 Å². The number of hydrogen-bond donors (Lipinski definition) is 2. The zero-order valence-electron chi connectivity index (χ0n) is 10.4. The summed E-state index contributed by atoms with van der Waals surface area (Å²) < 4.78 is 12.8. The molecule has 4 heteroatoms.